The number of azide groups is 1. The lowest BCUT2D eigenvalue weighted by molar-refractivity contribution is -0.137. The average Bonchev–Trinajstić information content (AvgIpc) is 2.33. The summed E-state index contributed by atoms with van der Waals surface area (Å²) in [5, 5.41) is 11.8. The SMILES string of the molecule is N#Cc1cc(C#CCN=[N+]=[N-])cc(C(F)(F)F)c1. The highest BCUT2D eigenvalue weighted by Crippen LogP contribution is 2.30. The minimum absolute atomic E-state index is 0.0505. The second-order valence-corrected chi connectivity index (χ2v) is 3.10. The van der Waals surface area contributed by atoms with Gasteiger partial charge in [0.1, 0.15) is 0 Å². The topological polar surface area (TPSA) is 72.5 Å². The van der Waals surface area contributed by atoms with Crippen LogP contribution in [0.3, 0.4) is 0 Å². The van der Waals surface area contributed by atoms with Crippen molar-refractivity contribution in [3.05, 3.63) is 45.3 Å². The van der Waals surface area contributed by atoms with E-state index in [0.29, 0.717) is 0 Å². The van der Waals surface area contributed by atoms with Crippen molar-refractivity contribution >= 4 is 0 Å². The first-order valence-electron chi connectivity index (χ1n) is 4.59. The summed E-state index contributed by atoms with van der Waals surface area (Å²) < 4.78 is 37.5. The second kappa shape index (κ2) is 5.62. The van der Waals surface area contributed by atoms with E-state index in [2.05, 4.69) is 21.9 Å². The van der Waals surface area contributed by atoms with Crippen LogP contribution in [0, 0.1) is 23.2 Å². The van der Waals surface area contributed by atoms with Gasteiger partial charge in [0.25, 0.3) is 0 Å². The van der Waals surface area contributed by atoms with Crippen LogP contribution in [0.2, 0.25) is 0 Å². The molecule has 0 aliphatic carbocycles. The fourth-order valence-corrected chi connectivity index (χ4v) is 1.14. The van der Waals surface area contributed by atoms with Crippen LogP contribution in [0.1, 0.15) is 16.7 Å². The van der Waals surface area contributed by atoms with Crippen molar-refractivity contribution in [1.82, 2.24) is 0 Å². The van der Waals surface area contributed by atoms with Crippen molar-refractivity contribution in [3.63, 3.8) is 0 Å². The molecule has 0 fully saturated rings. The fourth-order valence-electron chi connectivity index (χ4n) is 1.14. The van der Waals surface area contributed by atoms with Crippen LogP contribution in [0.4, 0.5) is 13.2 Å². The molecule has 0 saturated carbocycles. The molecule has 0 heterocycles. The predicted octanol–water partition coefficient (Wildman–Crippen LogP) is 3.24. The molecule has 1 aromatic carbocycles. The molecule has 0 aromatic heterocycles. The molecule has 1 rings (SSSR count). The minimum atomic E-state index is -4.53. The highest BCUT2D eigenvalue weighted by Gasteiger charge is 2.31. The van der Waals surface area contributed by atoms with E-state index in [1.807, 2.05) is 0 Å². The lowest BCUT2D eigenvalue weighted by atomic mass is 10.1. The van der Waals surface area contributed by atoms with E-state index in [9.17, 15) is 13.2 Å². The van der Waals surface area contributed by atoms with Crippen molar-refractivity contribution in [2.75, 3.05) is 6.54 Å². The molecule has 0 spiro atoms. The summed E-state index contributed by atoms with van der Waals surface area (Å²) in [6.07, 6.45) is -4.53. The number of benzene rings is 1. The Hall–Kier alpha value is -2.63. The molecule has 0 aliphatic heterocycles. The molecule has 0 amide bonds. The number of alkyl halides is 3. The van der Waals surface area contributed by atoms with E-state index >= 15 is 0 Å². The normalized spacial score (nSPS) is 9.67. The summed E-state index contributed by atoms with van der Waals surface area (Å²) in [4.78, 5) is 2.45. The van der Waals surface area contributed by atoms with E-state index in [4.69, 9.17) is 10.8 Å². The molecule has 0 saturated heterocycles. The van der Waals surface area contributed by atoms with Gasteiger partial charge in [0.2, 0.25) is 0 Å². The van der Waals surface area contributed by atoms with Crippen molar-refractivity contribution in [2.24, 2.45) is 5.11 Å². The lowest BCUT2D eigenvalue weighted by Crippen LogP contribution is -2.05. The van der Waals surface area contributed by atoms with Crippen LogP contribution < -0.4 is 0 Å². The fraction of sp³-hybridized carbons (Fsp3) is 0.182. The molecule has 0 atom stereocenters. The molecule has 18 heavy (non-hydrogen) atoms. The van der Waals surface area contributed by atoms with E-state index in [0.717, 1.165) is 12.1 Å². The highest BCUT2D eigenvalue weighted by molar-refractivity contribution is 5.45. The third-order valence-corrected chi connectivity index (χ3v) is 1.84. The van der Waals surface area contributed by atoms with Crippen molar-refractivity contribution in [1.29, 1.82) is 5.26 Å². The van der Waals surface area contributed by atoms with Gasteiger partial charge in [-0.2, -0.15) is 18.4 Å². The van der Waals surface area contributed by atoms with E-state index in [1.54, 1.807) is 6.07 Å². The van der Waals surface area contributed by atoms with Crippen LogP contribution in [0.25, 0.3) is 10.4 Å². The van der Waals surface area contributed by atoms with Gasteiger partial charge in [0.15, 0.2) is 0 Å². The van der Waals surface area contributed by atoms with E-state index in [1.165, 1.54) is 6.07 Å². The number of hydrogen-bond donors (Lipinski definition) is 0. The molecule has 0 N–H and O–H groups in total. The minimum Gasteiger partial charge on any atom is -0.192 e. The Morgan fingerprint density at radius 2 is 1.94 bits per heavy atom. The smallest absolute Gasteiger partial charge is 0.192 e. The van der Waals surface area contributed by atoms with Crippen LogP contribution in [-0.2, 0) is 6.18 Å². The van der Waals surface area contributed by atoms with Crippen molar-refractivity contribution in [2.45, 2.75) is 6.18 Å². The Morgan fingerprint density at radius 1 is 1.28 bits per heavy atom. The van der Waals surface area contributed by atoms with Gasteiger partial charge in [-0.05, 0) is 23.7 Å². The van der Waals surface area contributed by atoms with E-state index < -0.39 is 11.7 Å². The Balaban J connectivity index is 3.16. The molecular formula is C11H5F3N4. The van der Waals surface area contributed by atoms with Gasteiger partial charge in [-0.25, -0.2) is 0 Å². The summed E-state index contributed by atoms with van der Waals surface area (Å²) in [6, 6.07) is 4.45. The maximum Gasteiger partial charge on any atom is 0.416 e. The van der Waals surface area contributed by atoms with Crippen molar-refractivity contribution in [3.8, 4) is 17.9 Å². The number of halogens is 3. The average molecular weight is 250 g/mol. The largest absolute Gasteiger partial charge is 0.416 e. The first kappa shape index (κ1) is 13.4. The van der Waals surface area contributed by atoms with Gasteiger partial charge < -0.3 is 0 Å². The van der Waals surface area contributed by atoms with Gasteiger partial charge in [0.05, 0.1) is 23.7 Å². The zero-order valence-electron chi connectivity index (χ0n) is 8.86. The monoisotopic (exact) mass is 250 g/mol. The first-order valence-corrected chi connectivity index (χ1v) is 4.59. The number of nitriles is 1. The first-order chi connectivity index (χ1) is 8.47. The summed E-state index contributed by atoms with van der Waals surface area (Å²) in [5.41, 5.74) is 6.98. The number of hydrogen-bond acceptors (Lipinski definition) is 2. The van der Waals surface area contributed by atoms with Crippen molar-refractivity contribution < 1.29 is 13.2 Å². The summed E-state index contributed by atoms with van der Waals surface area (Å²) in [5.74, 6) is 4.79. The molecule has 0 unspecified atom stereocenters. The quantitative estimate of drug-likeness (QED) is 0.326. The maximum absolute atomic E-state index is 12.5. The number of rotatable bonds is 1. The van der Waals surface area contributed by atoms with Gasteiger partial charge >= 0.3 is 6.18 Å². The molecule has 0 bridgehead atoms. The van der Waals surface area contributed by atoms with Crippen LogP contribution in [0.15, 0.2) is 23.3 Å². The van der Waals surface area contributed by atoms with Crippen LogP contribution in [0.5, 0.6) is 0 Å². The highest BCUT2D eigenvalue weighted by atomic mass is 19.4. The lowest BCUT2D eigenvalue weighted by Gasteiger charge is -2.07. The van der Waals surface area contributed by atoms with Crippen LogP contribution in [-0.4, -0.2) is 6.54 Å². The van der Waals surface area contributed by atoms with Gasteiger partial charge in [-0.1, -0.05) is 17.0 Å². The molecule has 0 radical (unpaired) electrons. The van der Waals surface area contributed by atoms with E-state index in [-0.39, 0.29) is 17.7 Å². The van der Waals surface area contributed by atoms with Gasteiger partial charge in [-0.3, -0.25) is 0 Å². The third kappa shape index (κ3) is 3.75. The molecule has 7 heteroatoms. The second-order valence-electron chi connectivity index (χ2n) is 3.10. The molecule has 1 aromatic rings. The van der Waals surface area contributed by atoms with Crippen LogP contribution >= 0.6 is 0 Å². The Kier molecular flexibility index (Phi) is 4.20. The maximum atomic E-state index is 12.5. The van der Waals surface area contributed by atoms with Gasteiger partial charge in [0, 0.05) is 10.5 Å². The summed E-state index contributed by atoms with van der Waals surface area (Å²) >= 11 is 0. The predicted molar refractivity (Wildman–Crippen MR) is 57.1 cm³/mol. The third-order valence-electron chi connectivity index (χ3n) is 1.84. The molecule has 4 nitrogen and oxygen atoms in total. The Bertz CT molecular complexity index is 595. The Labute approximate surface area is 100 Å². The number of nitrogens with zero attached hydrogens (tertiary/aromatic N) is 4. The zero-order chi connectivity index (χ0) is 13.6. The Morgan fingerprint density at radius 3 is 2.50 bits per heavy atom. The molecular weight excluding hydrogens is 245 g/mol. The zero-order valence-corrected chi connectivity index (χ0v) is 8.86. The molecule has 0 aliphatic rings. The standard InChI is InChI=1S/C11H5F3N4/c12-11(13,14)10-5-8(2-1-3-17-18-16)4-9(6-10)7-15/h4-6H,3H2. The summed E-state index contributed by atoms with van der Waals surface area (Å²) in [7, 11) is 0. The molecule has 90 valence electrons. The van der Waals surface area contributed by atoms with Gasteiger partial charge in [-0.15, -0.1) is 0 Å². The summed E-state index contributed by atoms with van der Waals surface area (Å²) in [6.45, 7) is -0.144.